The molecule has 0 aliphatic heterocycles. The van der Waals surface area contributed by atoms with Crippen LogP contribution in [0.1, 0.15) is 22.5 Å². The third kappa shape index (κ3) is 3.25. The van der Waals surface area contributed by atoms with Crippen molar-refractivity contribution in [2.75, 3.05) is 7.04 Å². The van der Waals surface area contributed by atoms with E-state index < -0.39 is 7.04 Å². The first-order chi connectivity index (χ1) is 17.7. The van der Waals surface area contributed by atoms with Crippen LogP contribution in [-0.4, -0.2) is 31.2 Å². The highest BCUT2D eigenvalue weighted by atomic mass is 16.5. The van der Waals surface area contributed by atoms with Crippen LogP contribution in [0.4, 0.5) is 0 Å². The molecule has 2 aromatic carbocycles. The van der Waals surface area contributed by atoms with Crippen LogP contribution in [0.25, 0.3) is 38.8 Å². The maximum absolute atomic E-state index is 14.1. The predicted molar refractivity (Wildman–Crippen MR) is 129 cm³/mol. The highest BCUT2D eigenvalue weighted by Gasteiger charge is 2.26. The van der Waals surface area contributed by atoms with Gasteiger partial charge in [-0.05, 0) is 54.7 Å². The Morgan fingerprint density at radius 1 is 1.18 bits per heavy atom. The van der Waals surface area contributed by atoms with E-state index in [2.05, 4.69) is 16.3 Å². The van der Waals surface area contributed by atoms with Gasteiger partial charge in [0.05, 0.1) is 39.0 Å². The molecule has 5 aromatic rings. The van der Waals surface area contributed by atoms with Gasteiger partial charge in [-0.3, -0.25) is 9.48 Å². The maximum atomic E-state index is 14.1. The Bertz CT molecular complexity index is 1770. The summed E-state index contributed by atoms with van der Waals surface area (Å²) in [4.78, 5) is 14.1. The van der Waals surface area contributed by atoms with Crippen molar-refractivity contribution < 1.29 is 8.85 Å². The van der Waals surface area contributed by atoms with Gasteiger partial charge < -0.3 is 9.30 Å². The predicted octanol–water partition coefficient (Wildman–Crippen LogP) is 4.03. The number of hydrogen-bond donors (Lipinski definition) is 0. The SMILES string of the molecule is [2H]C([2H])([2H])Oc1ccc(-c2c(=O)n(-c3ccc4nn(C)cc4c3)nc3c(C#N)cn(CC4CC4)c23)cc1. The minimum atomic E-state index is -2.58. The van der Waals surface area contributed by atoms with E-state index in [0.717, 1.165) is 23.7 Å². The van der Waals surface area contributed by atoms with Crippen LogP contribution in [-0.2, 0) is 13.6 Å². The molecule has 1 aliphatic rings. The molecule has 0 N–H and O–H groups in total. The highest BCUT2D eigenvalue weighted by molar-refractivity contribution is 5.95. The molecule has 8 nitrogen and oxygen atoms in total. The van der Waals surface area contributed by atoms with E-state index in [1.54, 1.807) is 29.1 Å². The van der Waals surface area contributed by atoms with E-state index in [-0.39, 0.29) is 11.3 Å². The highest BCUT2D eigenvalue weighted by Crippen LogP contribution is 2.35. The molecule has 1 aliphatic carbocycles. The Kier molecular flexibility index (Phi) is 3.83. The topological polar surface area (TPSA) is 90.7 Å². The average Bonchev–Trinajstić information content (AvgIpc) is 3.48. The molecule has 0 saturated heterocycles. The summed E-state index contributed by atoms with van der Waals surface area (Å²) in [7, 11) is -0.751. The maximum Gasteiger partial charge on any atom is 0.281 e. The van der Waals surface area contributed by atoms with Crippen molar-refractivity contribution in [3.8, 4) is 28.6 Å². The molecular formula is C26H22N6O2. The standard InChI is InChI=1S/C26H22N6O2/c1-30-14-18-11-20(7-10-22(18)28-30)32-26(33)23(17-5-8-21(34-2)9-6-17)25-24(29-32)19(12-27)15-31(25)13-16-3-4-16/h5-11,14-16H,3-4,13H2,1-2H3/i2D3. The molecule has 0 bridgehead atoms. The Morgan fingerprint density at radius 3 is 2.74 bits per heavy atom. The lowest BCUT2D eigenvalue weighted by atomic mass is 10.1. The summed E-state index contributed by atoms with van der Waals surface area (Å²) < 4.78 is 32.0. The van der Waals surface area contributed by atoms with Gasteiger partial charge in [0.2, 0.25) is 0 Å². The van der Waals surface area contributed by atoms with Crippen molar-refractivity contribution in [3.05, 3.63) is 70.8 Å². The van der Waals surface area contributed by atoms with Crippen molar-refractivity contribution in [3.63, 3.8) is 0 Å². The zero-order valence-electron chi connectivity index (χ0n) is 21.4. The van der Waals surface area contributed by atoms with Gasteiger partial charge in [-0.15, -0.1) is 0 Å². The lowest BCUT2D eigenvalue weighted by molar-refractivity contribution is 0.415. The summed E-state index contributed by atoms with van der Waals surface area (Å²) in [5.74, 6) is 0.669. The molecule has 0 atom stereocenters. The molecule has 34 heavy (non-hydrogen) atoms. The second kappa shape index (κ2) is 7.59. The summed E-state index contributed by atoms with van der Waals surface area (Å²) in [5.41, 5.74) is 3.37. The van der Waals surface area contributed by atoms with E-state index in [0.29, 0.717) is 45.9 Å². The van der Waals surface area contributed by atoms with Gasteiger partial charge in [-0.2, -0.15) is 20.1 Å². The lowest BCUT2D eigenvalue weighted by Gasteiger charge is -2.13. The second-order valence-electron chi connectivity index (χ2n) is 8.71. The molecule has 3 heterocycles. The number of ether oxygens (including phenoxy) is 1. The number of rotatable bonds is 5. The van der Waals surface area contributed by atoms with E-state index >= 15 is 0 Å². The van der Waals surface area contributed by atoms with Crippen molar-refractivity contribution in [1.82, 2.24) is 24.1 Å². The number of aromatic nitrogens is 5. The molecule has 0 unspecified atom stereocenters. The number of hydrogen-bond acceptors (Lipinski definition) is 5. The van der Waals surface area contributed by atoms with E-state index in [1.807, 2.05) is 29.9 Å². The number of aryl methyl sites for hydroxylation is 1. The van der Waals surface area contributed by atoms with E-state index in [1.165, 1.54) is 16.8 Å². The van der Waals surface area contributed by atoms with Gasteiger partial charge in [-0.25, -0.2) is 0 Å². The summed E-state index contributed by atoms with van der Waals surface area (Å²) in [5, 5.41) is 19.8. The third-order valence-electron chi connectivity index (χ3n) is 6.27. The molecule has 0 radical (unpaired) electrons. The lowest BCUT2D eigenvalue weighted by Crippen LogP contribution is -2.24. The monoisotopic (exact) mass is 453 g/mol. The Morgan fingerprint density at radius 2 is 2.00 bits per heavy atom. The third-order valence-corrected chi connectivity index (χ3v) is 6.27. The van der Waals surface area contributed by atoms with Crippen LogP contribution in [0.5, 0.6) is 5.75 Å². The van der Waals surface area contributed by atoms with Gasteiger partial charge >= 0.3 is 0 Å². The fraction of sp³-hybridized carbons (Fsp3) is 0.231. The summed E-state index contributed by atoms with van der Waals surface area (Å²) in [6.07, 6.45) is 5.83. The van der Waals surface area contributed by atoms with Gasteiger partial charge in [0.15, 0.2) is 0 Å². The minimum absolute atomic E-state index is 0.169. The van der Waals surface area contributed by atoms with Gasteiger partial charge in [0, 0.05) is 31.4 Å². The zero-order valence-corrected chi connectivity index (χ0v) is 18.4. The van der Waals surface area contributed by atoms with Gasteiger partial charge in [-0.1, -0.05) is 12.1 Å². The number of nitriles is 1. The average molecular weight is 454 g/mol. The van der Waals surface area contributed by atoms with Crippen LogP contribution in [0.2, 0.25) is 0 Å². The quantitative estimate of drug-likeness (QED) is 0.401. The Hall–Kier alpha value is -4.38. The number of fused-ring (bicyclic) bond motifs is 2. The summed E-state index contributed by atoms with van der Waals surface area (Å²) >= 11 is 0. The first kappa shape index (κ1) is 17.1. The van der Waals surface area contributed by atoms with Crippen molar-refractivity contribution in [2.45, 2.75) is 19.4 Å². The van der Waals surface area contributed by atoms with Crippen LogP contribution >= 0.6 is 0 Å². The van der Waals surface area contributed by atoms with Crippen LogP contribution in [0.3, 0.4) is 0 Å². The summed E-state index contributed by atoms with van der Waals surface area (Å²) in [6, 6.07) is 14.0. The van der Waals surface area contributed by atoms with E-state index in [4.69, 9.17) is 8.85 Å². The fourth-order valence-corrected chi connectivity index (χ4v) is 4.46. The zero-order chi connectivity index (χ0) is 25.9. The minimum Gasteiger partial charge on any atom is -0.497 e. The number of benzene rings is 2. The van der Waals surface area contributed by atoms with E-state index in [9.17, 15) is 10.1 Å². The molecule has 8 heteroatoms. The number of methoxy groups -OCH3 is 1. The van der Waals surface area contributed by atoms with Crippen molar-refractivity contribution in [1.29, 1.82) is 5.26 Å². The van der Waals surface area contributed by atoms with Crippen LogP contribution in [0, 0.1) is 17.2 Å². The normalized spacial score (nSPS) is 15.1. The van der Waals surface area contributed by atoms with Crippen LogP contribution < -0.4 is 10.3 Å². The van der Waals surface area contributed by atoms with Gasteiger partial charge in [0.1, 0.15) is 17.3 Å². The molecule has 3 aromatic heterocycles. The molecule has 0 spiro atoms. The largest absolute Gasteiger partial charge is 0.497 e. The van der Waals surface area contributed by atoms with Gasteiger partial charge in [0.25, 0.3) is 5.56 Å². The molecule has 0 amide bonds. The smallest absolute Gasteiger partial charge is 0.281 e. The first-order valence-electron chi connectivity index (χ1n) is 12.5. The molecule has 6 rings (SSSR count). The second-order valence-corrected chi connectivity index (χ2v) is 8.71. The Labute approximate surface area is 199 Å². The fourth-order valence-electron chi connectivity index (χ4n) is 4.46. The Balaban J connectivity index is 1.60. The summed E-state index contributed by atoms with van der Waals surface area (Å²) in [6.45, 7) is 0.693. The van der Waals surface area contributed by atoms with Crippen LogP contribution in [0.15, 0.2) is 59.7 Å². The number of nitrogens with zero attached hydrogens (tertiary/aromatic N) is 6. The first-order valence-corrected chi connectivity index (χ1v) is 11.0. The molecule has 168 valence electrons. The molecule has 1 fully saturated rings. The molecule has 1 saturated carbocycles. The molecular weight excluding hydrogens is 428 g/mol. The van der Waals surface area contributed by atoms with Crippen molar-refractivity contribution >= 4 is 21.9 Å². The van der Waals surface area contributed by atoms with Crippen molar-refractivity contribution in [2.24, 2.45) is 13.0 Å².